The lowest BCUT2D eigenvalue weighted by atomic mass is 10.1. The van der Waals surface area contributed by atoms with E-state index in [1.165, 1.54) is 23.4 Å². The summed E-state index contributed by atoms with van der Waals surface area (Å²) in [5.41, 5.74) is 2.45. The van der Waals surface area contributed by atoms with E-state index in [0.29, 0.717) is 12.5 Å². The summed E-state index contributed by atoms with van der Waals surface area (Å²) in [6.45, 7) is 6.35. The number of halogens is 2. The SMILES string of the molecule is Cc1ccc(Cl)cc1N1CCN(COc2ccc(F)cc2)CC1. The molecule has 1 fully saturated rings. The monoisotopic (exact) mass is 334 g/mol. The van der Waals surface area contributed by atoms with Crippen LogP contribution in [0.3, 0.4) is 0 Å². The highest BCUT2D eigenvalue weighted by Gasteiger charge is 2.18. The molecule has 0 unspecified atom stereocenters. The lowest BCUT2D eigenvalue weighted by molar-refractivity contribution is 0.120. The van der Waals surface area contributed by atoms with Gasteiger partial charge >= 0.3 is 0 Å². The van der Waals surface area contributed by atoms with Crippen molar-refractivity contribution in [2.45, 2.75) is 6.92 Å². The molecule has 0 N–H and O–H groups in total. The Bertz CT molecular complexity index is 655. The highest BCUT2D eigenvalue weighted by atomic mass is 35.5. The standard InChI is InChI=1S/C18H20ClFN2O/c1-14-2-3-15(19)12-18(14)22-10-8-21(9-11-22)13-23-17-6-4-16(20)5-7-17/h2-7,12H,8-11,13H2,1H3. The van der Waals surface area contributed by atoms with Crippen LogP contribution in [0.25, 0.3) is 0 Å². The molecule has 1 saturated heterocycles. The molecule has 2 aromatic rings. The number of anilines is 1. The van der Waals surface area contributed by atoms with Crippen LogP contribution in [-0.4, -0.2) is 37.8 Å². The number of benzene rings is 2. The molecule has 3 rings (SSSR count). The van der Waals surface area contributed by atoms with Gasteiger partial charge in [-0.2, -0.15) is 0 Å². The smallest absolute Gasteiger partial charge is 0.142 e. The third-order valence-corrected chi connectivity index (χ3v) is 4.35. The second-order valence-electron chi connectivity index (χ2n) is 5.76. The van der Waals surface area contributed by atoms with Gasteiger partial charge in [-0.3, -0.25) is 4.90 Å². The lowest BCUT2D eigenvalue weighted by Crippen LogP contribution is -2.47. The van der Waals surface area contributed by atoms with E-state index >= 15 is 0 Å². The molecule has 0 saturated carbocycles. The van der Waals surface area contributed by atoms with Gasteiger partial charge in [-0.1, -0.05) is 17.7 Å². The molecule has 0 radical (unpaired) electrons. The Balaban J connectivity index is 1.52. The van der Waals surface area contributed by atoms with E-state index in [1.54, 1.807) is 12.1 Å². The van der Waals surface area contributed by atoms with Crippen LogP contribution in [0.4, 0.5) is 10.1 Å². The van der Waals surface area contributed by atoms with Gasteiger partial charge in [-0.25, -0.2) is 4.39 Å². The molecule has 122 valence electrons. The van der Waals surface area contributed by atoms with E-state index in [1.807, 2.05) is 12.1 Å². The van der Waals surface area contributed by atoms with Crippen LogP contribution < -0.4 is 9.64 Å². The van der Waals surface area contributed by atoms with Crippen molar-refractivity contribution in [3.05, 3.63) is 58.9 Å². The maximum absolute atomic E-state index is 12.9. The Morgan fingerprint density at radius 3 is 2.43 bits per heavy atom. The van der Waals surface area contributed by atoms with Gasteiger partial charge in [-0.15, -0.1) is 0 Å². The summed E-state index contributed by atoms with van der Waals surface area (Å²) < 4.78 is 18.6. The van der Waals surface area contributed by atoms with Crippen molar-refractivity contribution in [3.8, 4) is 5.75 Å². The lowest BCUT2D eigenvalue weighted by Gasteiger charge is -2.36. The maximum atomic E-state index is 12.9. The van der Waals surface area contributed by atoms with Crippen LogP contribution in [0.2, 0.25) is 5.02 Å². The summed E-state index contributed by atoms with van der Waals surface area (Å²) in [5.74, 6) is 0.447. The van der Waals surface area contributed by atoms with Crippen molar-refractivity contribution in [3.63, 3.8) is 0 Å². The highest BCUT2D eigenvalue weighted by Crippen LogP contribution is 2.25. The molecule has 1 aliphatic heterocycles. The average Bonchev–Trinajstić information content (AvgIpc) is 2.57. The zero-order valence-electron chi connectivity index (χ0n) is 13.1. The third kappa shape index (κ3) is 4.15. The van der Waals surface area contributed by atoms with Gasteiger partial charge in [0.15, 0.2) is 0 Å². The molecule has 0 amide bonds. The van der Waals surface area contributed by atoms with E-state index < -0.39 is 0 Å². The number of piperazine rings is 1. The van der Waals surface area contributed by atoms with Crippen LogP contribution >= 0.6 is 11.6 Å². The summed E-state index contributed by atoms with van der Waals surface area (Å²) in [6, 6.07) is 12.1. The van der Waals surface area contributed by atoms with Crippen molar-refractivity contribution >= 4 is 17.3 Å². The number of hydrogen-bond donors (Lipinski definition) is 0. The van der Waals surface area contributed by atoms with Gasteiger partial charge in [0.1, 0.15) is 18.3 Å². The van der Waals surface area contributed by atoms with Gasteiger partial charge in [0, 0.05) is 36.9 Å². The summed E-state index contributed by atoms with van der Waals surface area (Å²) >= 11 is 6.11. The molecule has 0 aliphatic carbocycles. The highest BCUT2D eigenvalue weighted by molar-refractivity contribution is 6.30. The quantitative estimate of drug-likeness (QED) is 0.842. The maximum Gasteiger partial charge on any atom is 0.142 e. The van der Waals surface area contributed by atoms with Crippen molar-refractivity contribution in [1.82, 2.24) is 4.90 Å². The number of aryl methyl sites for hydroxylation is 1. The molecular weight excluding hydrogens is 315 g/mol. The van der Waals surface area contributed by atoms with E-state index in [0.717, 1.165) is 31.2 Å². The Kier molecular flexibility index (Phi) is 5.03. The van der Waals surface area contributed by atoms with Crippen molar-refractivity contribution in [2.24, 2.45) is 0 Å². The molecule has 0 aromatic heterocycles. The first-order valence-corrected chi connectivity index (χ1v) is 8.11. The molecular formula is C18H20ClFN2O. The molecule has 0 bridgehead atoms. The Morgan fingerprint density at radius 1 is 1.04 bits per heavy atom. The molecule has 3 nitrogen and oxygen atoms in total. The fourth-order valence-electron chi connectivity index (χ4n) is 2.74. The second-order valence-corrected chi connectivity index (χ2v) is 6.20. The molecule has 1 heterocycles. The van der Waals surface area contributed by atoms with Gasteiger partial charge in [0.2, 0.25) is 0 Å². The van der Waals surface area contributed by atoms with E-state index in [4.69, 9.17) is 16.3 Å². The molecule has 1 aliphatic rings. The normalized spacial score (nSPS) is 15.7. The number of nitrogens with zero attached hydrogens (tertiary/aromatic N) is 2. The van der Waals surface area contributed by atoms with Gasteiger partial charge < -0.3 is 9.64 Å². The van der Waals surface area contributed by atoms with E-state index in [2.05, 4.69) is 22.8 Å². The fraction of sp³-hybridized carbons (Fsp3) is 0.333. The topological polar surface area (TPSA) is 15.7 Å². The minimum Gasteiger partial charge on any atom is -0.478 e. The first-order chi connectivity index (χ1) is 11.1. The summed E-state index contributed by atoms with van der Waals surface area (Å²) in [5, 5.41) is 0.771. The fourth-order valence-corrected chi connectivity index (χ4v) is 2.90. The Labute approximate surface area is 141 Å². The van der Waals surface area contributed by atoms with Crippen molar-refractivity contribution in [1.29, 1.82) is 0 Å². The summed E-state index contributed by atoms with van der Waals surface area (Å²) in [6.07, 6.45) is 0. The Hall–Kier alpha value is -1.78. The van der Waals surface area contributed by atoms with E-state index in [9.17, 15) is 4.39 Å². The van der Waals surface area contributed by atoms with Gasteiger partial charge in [0.05, 0.1) is 0 Å². The number of ether oxygens (including phenoxy) is 1. The summed E-state index contributed by atoms with van der Waals surface area (Å²) in [4.78, 5) is 4.61. The van der Waals surface area contributed by atoms with E-state index in [-0.39, 0.29) is 5.82 Å². The second kappa shape index (κ2) is 7.20. The van der Waals surface area contributed by atoms with Gasteiger partial charge in [-0.05, 0) is 48.9 Å². The molecule has 0 atom stereocenters. The average molecular weight is 335 g/mol. The van der Waals surface area contributed by atoms with Gasteiger partial charge in [0.25, 0.3) is 0 Å². The first kappa shape index (κ1) is 16.1. The van der Waals surface area contributed by atoms with Crippen LogP contribution in [0.1, 0.15) is 5.56 Å². The predicted octanol–water partition coefficient (Wildman–Crippen LogP) is 3.95. The molecule has 0 spiro atoms. The minimum absolute atomic E-state index is 0.247. The van der Waals surface area contributed by atoms with Crippen LogP contribution in [0, 0.1) is 12.7 Å². The van der Waals surface area contributed by atoms with Crippen LogP contribution in [0.15, 0.2) is 42.5 Å². The largest absolute Gasteiger partial charge is 0.478 e. The molecule has 2 aromatic carbocycles. The molecule has 5 heteroatoms. The Morgan fingerprint density at radius 2 is 1.74 bits per heavy atom. The van der Waals surface area contributed by atoms with Crippen molar-refractivity contribution in [2.75, 3.05) is 37.8 Å². The molecule has 23 heavy (non-hydrogen) atoms. The summed E-state index contributed by atoms with van der Waals surface area (Å²) in [7, 11) is 0. The zero-order valence-corrected chi connectivity index (χ0v) is 13.9. The minimum atomic E-state index is -0.247. The first-order valence-electron chi connectivity index (χ1n) is 7.73. The zero-order chi connectivity index (χ0) is 16.2. The third-order valence-electron chi connectivity index (χ3n) is 4.11. The predicted molar refractivity (Wildman–Crippen MR) is 91.9 cm³/mol. The number of hydrogen-bond acceptors (Lipinski definition) is 3. The van der Waals surface area contributed by atoms with Crippen molar-refractivity contribution < 1.29 is 9.13 Å². The van der Waals surface area contributed by atoms with Crippen LogP contribution in [-0.2, 0) is 0 Å². The van der Waals surface area contributed by atoms with Crippen LogP contribution in [0.5, 0.6) is 5.75 Å². The number of rotatable bonds is 4.